The van der Waals surface area contributed by atoms with E-state index in [0.717, 1.165) is 17.6 Å². The van der Waals surface area contributed by atoms with Crippen molar-refractivity contribution in [2.24, 2.45) is 5.73 Å². The molecule has 2 heterocycles. The molecule has 0 aliphatic carbocycles. The minimum Gasteiger partial charge on any atom is -0.389 e. The van der Waals surface area contributed by atoms with Crippen molar-refractivity contribution in [3.05, 3.63) is 29.8 Å². The number of nitrogens with one attached hydrogen (secondary N) is 1. The van der Waals surface area contributed by atoms with Crippen LogP contribution in [0.2, 0.25) is 0 Å². The number of nitrogens with zero attached hydrogens (tertiary/aromatic N) is 1. The van der Waals surface area contributed by atoms with Crippen LogP contribution in [0.3, 0.4) is 0 Å². The second-order valence-electron chi connectivity index (χ2n) is 6.16. The van der Waals surface area contributed by atoms with Crippen molar-refractivity contribution in [3.8, 4) is 0 Å². The van der Waals surface area contributed by atoms with Gasteiger partial charge >= 0.3 is 0 Å². The number of piperidine rings is 2. The number of fused-ring (bicyclic) bond motifs is 2. The first-order valence-corrected chi connectivity index (χ1v) is 7.92. The second-order valence-corrected chi connectivity index (χ2v) is 6.60. The Morgan fingerprint density at radius 3 is 2.35 bits per heavy atom. The van der Waals surface area contributed by atoms with Crippen LogP contribution in [-0.4, -0.2) is 35.1 Å². The van der Waals surface area contributed by atoms with Crippen LogP contribution in [0.25, 0.3) is 0 Å². The van der Waals surface area contributed by atoms with E-state index in [1.807, 2.05) is 12.1 Å². The molecule has 4 heteroatoms. The van der Waals surface area contributed by atoms with E-state index in [4.69, 9.17) is 18.0 Å². The lowest BCUT2D eigenvalue weighted by Crippen LogP contribution is -2.52. The largest absolute Gasteiger partial charge is 0.389 e. The Labute approximate surface area is 126 Å². The van der Waals surface area contributed by atoms with Gasteiger partial charge in [-0.25, -0.2) is 0 Å². The van der Waals surface area contributed by atoms with Crippen molar-refractivity contribution in [2.75, 3.05) is 12.4 Å². The van der Waals surface area contributed by atoms with Gasteiger partial charge in [0, 0.05) is 29.4 Å². The molecular formula is C16H23N3S. The van der Waals surface area contributed by atoms with E-state index in [1.54, 1.807) is 0 Å². The molecule has 3 nitrogen and oxygen atoms in total. The van der Waals surface area contributed by atoms with Gasteiger partial charge in [0.25, 0.3) is 0 Å². The molecule has 3 rings (SSSR count). The molecule has 2 saturated heterocycles. The lowest BCUT2D eigenvalue weighted by Gasteiger charge is -2.47. The number of hydrogen-bond donors (Lipinski definition) is 2. The molecule has 108 valence electrons. The summed E-state index contributed by atoms with van der Waals surface area (Å²) in [6.07, 6.45) is 6.61. The van der Waals surface area contributed by atoms with Crippen LogP contribution in [0.15, 0.2) is 24.3 Å². The summed E-state index contributed by atoms with van der Waals surface area (Å²) in [6.45, 7) is 0. The lowest BCUT2D eigenvalue weighted by molar-refractivity contribution is 0.0608. The fraction of sp³-hybridized carbons (Fsp3) is 0.562. The first-order valence-electron chi connectivity index (χ1n) is 7.52. The summed E-state index contributed by atoms with van der Waals surface area (Å²) >= 11 is 4.99. The van der Waals surface area contributed by atoms with E-state index < -0.39 is 0 Å². The molecule has 2 bridgehead atoms. The summed E-state index contributed by atoms with van der Waals surface area (Å²) in [4.78, 5) is 3.06. The summed E-state index contributed by atoms with van der Waals surface area (Å²) in [6, 6.07) is 10.3. The van der Waals surface area contributed by atoms with Gasteiger partial charge in [0.15, 0.2) is 0 Å². The van der Waals surface area contributed by atoms with Crippen LogP contribution in [0.1, 0.15) is 37.7 Å². The predicted molar refractivity (Wildman–Crippen MR) is 88.2 cm³/mol. The smallest absolute Gasteiger partial charge is 0.103 e. The fourth-order valence-corrected chi connectivity index (χ4v) is 3.84. The van der Waals surface area contributed by atoms with Gasteiger partial charge in [-0.1, -0.05) is 18.6 Å². The van der Waals surface area contributed by atoms with E-state index in [9.17, 15) is 0 Å². The van der Waals surface area contributed by atoms with Gasteiger partial charge in [-0.05, 0) is 57.0 Å². The Morgan fingerprint density at radius 2 is 1.80 bits per heavy atom. The normalized spacial score (nSPS) is 29.9. The number of benzene rings is 1. The number of rotatable bonds is 3. The molecule has 0 aromatic heterocycles. The molecule has 0 radical (unpaired) electrons. The zero-order valence-electron chi connectivity index (χ0n) is 12.0. The van der Waals surface area contributed by atoms with Crippen LogP contribution in [0, 0.1) is 0 Å². The standard InChI is InChI=1S/C16H23N3S/c1-19-14-3-2-4-15(19)10-13(9-14)18-12-7-5-11(6-8-12)16(17)20/h5-8,13-15,18H,2-4,9-10H2,1H3,(H2,17,20). The average Bonchev–Trinajstić information content (AvgIpc) is 2.40. The van der Waals surface area contributed by atoms with Gasteiger partial charge in [0.2, 0.25) is 0 Å². The highest BCUT2D eigenvalue weighted by Gasteiger charge is 2.35. The molecular weight excluding hydrogens is 266 g/mol. The number of anilines is 1. The number of thiocarbonyl (C=S) groups is 1. The van der Waals surface area contributed by atoms with Gasteiger partial charge in [-0.2, -0.15) is 0 Å². The van der Waals surface area contributed by atoms with Crippen molar-refractivity contribution in [1.29, 1.82) is 0 Å². The van der Waals surface area contributed by atoms with Crippen molar-refractivity contribution in [1.82, 2.24) is 4.90 Å². The van der Waals surface area contributed by atoms with Crippen LogP contribution < -0.4 is 11.1 Å². The first kappa shape index (κ1) is 13.8. The zero-order valence-corrected chi connectivity index (χ0v) is 12.8. The van der Waals surface area contributed by atoms with Crippen LogP contribution in [-0.2, 0) is 0 Å². The minimum absolute atomic E-state index is 0.463. The third-order valence-electron chi connectivity index (χ3n) is 4.88. The van der Waals surface area contributed by atoms with Gasteiger partial charge < -0.3 is 16.0 Å². The summed E-state index contributed by atoms with van der Waals surface area (Å²) in [5.41, 5.74) is 7.75. The topological polar surface area (TPSA) is 41.3 Å². The Bertz CT molecular complexity index is 471. The van der Waals surface area contributed by atoms with E-state index in [1.165, 1.54) is 37.8 Å². The highest BCUT2D eigenvalue weighted by molar-refractivity contribution is 7.80. The molecule has 0 spiro atoms. The molecule has 3 N–H and O–H groups in total. The highest BCUT2D eigenvalue weighted by Crippen LogP contribution is 2.33. The lowest BCUT2D eigenvalue weighted by atomic mass is 9.82. The van der Waals surface area contributed by atoms with Crippen LogP contribution in [0.4, 0.5) is 5.69 Å². The van der Waals surface area contributed by atoms with Crippen LogP contribution in [0.5, 0.6) is 0 Å². The molecule has 2 atom stereocenters. The number of nitrogens with two attached hydrogens (primary N) is 1. The van der Waals surface area contributed by atoms with Gasteiger partial charge in [0.05, 0.1) is 0 Å². The van der Waals surface area contributed by atoms with E-state index in [2.05, 4.69) is 29.4 Å². The summed E-state index contributed by atoms with van der Waals surface area (Å²) < 4.78 is 0. The monoisotopic (exact) mass is 289 g/mol. The van der Waals surface area contributed by atoms with Crippen molar-refractivity contribution < 1.29 is 0 Å². The Morgan fingerprint density at radius 1 is 1.20 bits per heavy atom. The van der Waals surface area contributed by atoms with Crippen molar-refractivity contribution in [2.45, 2.75) is 50.2 Å². The molecule has 2 aliphatic rings. The van der Waals surface area contributed by atoms with Crippen molar-refractivity contribution >= 4 is 22.9 Å². The zero-order chi connectivity index (χ0) is 14.1. The first-order chi connectivity index (χ1) is 9.63. The summed E-state index contributed by atoms with van der Waals surface area (Å²) in [5, 5.41) is 3.69. The molecule has 2 unspecified atom stereocenters. The maximum Gasteiger partial charge on any atom is 0.103 e. The third-order valence-corrected chi connectivity index (χ3v) is 5.12. The molecule has 1 aromatic rings. The molecule has 0 amide bonds. The molecule has 2 fully saturated rings. The maximum atomic E-state index is 5.63. The van der Waals surface area contributed by atoms with E-state index in [-0.39, 0.29) is 0 Å². The summed E-state index contributed by atoms with van der Waals surface area (Å²) in [7, 11) is 2.29. The fourth-order valence-electron chi connectivity index (χ4n) is 3.70. The van der Waals surface area contributed by atoms with Crippen molar-refractivity contribution in [3.63, 3.8) is 0 Å². The molecule has 20 heavy (non-hydrogen) atoms. The summed E-state index contributed by atoms with van der Waals surface area (Å²) in [5.74, 6) is 0. The van der Waals surface area contributed by atoms with Gasteiger partial charge in [-0.3, -0.25) is 0 Å². The Hall–Kier alpha value is -1.13. The highest BCUT2D eigenvalue weighted by atomic mass is 32.1. The van der Waals surface area contributed by atoms with Gasteiger partial charge in [0.1, 0.15) is 4.99 Å². The van der Waals surface area contributed by atoms with Gasteiger partial charge in [-0.15, -0.1) is 0 Å². The van der Waals surface area contributed by atoms with E-state index in [0.29, 0.717) is 11.0 Å². The molecule has 2 aliphatic heterocycles. The maximum absolute atomic E-state index is 5.63. The molecule has 0 saturated carbocycles. The minimum atomic E-state index is 0.463. The van der Waals surface area contributed by atoms with Crippen LogP contribution >= 0.6 is 12.2 Å². The quantitative estimate of drug-likeness (QED) is 0.840. The molecule has 1 aromatic carbocycles. The van der Waals surface area contributed by atoms with E-state index >= 15 is 0 Å². The SMILES string of the molecule is CN1C2CCCC1CC(Nc1ccc(C(N)=S)cc1)C2. The average molecular weight is 289 g/mol. The second kappa shape index (κ2) is 5.70. The predicted octanol–water partition coefficient (Wildman–Crippen LogP) is 2.75. The Kier molecular flexibility index (Phi) is 3.94. The third kappa shape index (κ3) is 2.81. The Balaban J connectivity index is 1.65. The number of hydrogen-bond acceptors (Lipinski definition) is 3.